The SMILES string of the molecule is O=C(CC(C(=O)c1cccc(Br)c1)c1ccco1)c1cccc(O)c1. The van der Waals surface area contributed by atoms with E-state index in [1.54, 1.807) is 42.5 Å². The van der Waals surface area contributed by atoms with Crippen LogP contribution in [0.1, 0.15) is 38.8 Å². The molecule has 3 aromatic rings. The number of aromatic hydroxyl groups is 1. The van der Waals surface area contributed by atoms with Gasteiger partial charge < -0.3 is 9.52 Å². The summed E-state index contributed by atoms with van der Waals surface area (Å²) in [5, 5.41) is 9.55. The smallest absolute Gasteiger partial charge is 0.173 e. The summed E-state index contributed by atoms with van der Waals surface area (Å²) in [5.41, 5.74) is 0.859. The summed E-state index contributed by atoms with van der Waals surface area (Å²) in [4.78, 5) is 25.5. The van der Waals surface area contributed by atoms with Crippen LogP contribution in [-0.2, 0) is 0 Å². The molecule has 1 heterocycles. The molecule has 4 nitrogen and oxygen atoms in total. The minimum atomic E-state index is -0.723. The zero-order valence-electron chi connectivity index (χ0n) is 13.2. The van der Waals surface area contributed by atoms with Gasteiger partial charge in [0.05, 0.1) is 12.2 Å². The number of furan rings is 1. The second kappa shape index (κ2) is 7.49. The van der Waals surface area contributed by atoms with Gasteiger partial charge in [0, 0.05) is 22.0 Å². The molecule has 0 aliphatic heterocycles. The number of hydrogen-bond acceptors (Lipinski definition) is 4. The molecule has 1 N–H and O–H groups in total. The van der Waals surface area contributed by atoms with E-state index >= 15 is 0 Å². The number of carbonyl (C=O) groups excluding carboxylic acids is 2. The molecule has 0 bridgehead atoms. The van der Waals surface area contributed by atoms with Crippen molar-refractivity contribution in [2.45, 2.75) is 12.3 Å². The van der Waals surface area contributed by atoms with Crippen molar-refractivity contribution >= 4 is 27.5 Å². The fourth-order valence-corrected chi connectivity index (χ4v) is 3.04. The van der Waals surface area contributed by atoms with E-state index in [2.05, 4.69) is 15.9 Å². The molecule has 0 amide bonds. The summed E-state index contributed by atoms with van der Waals surface area (Å²) in [7, 11) is 0. The van der Waals surface area contributed by atoms with Crippen molar-refractivity contribution in [1.82, 2.24) is 0 Å². The van der Waals surface area contributed by atoms with Crippen molar-refractivity contribution in [3.05, 3.63) is 88.3 Å². The van der Waals surface area contributed by atoms with Crippen LogP contribution in [-0.4, -0.2) is 16.7 Å². The Kier molecular flexibility index (Phi) is 5.14. The van der Waals surface area contributed by atoms with Crippen LogP contribution in [0.5, 0.6) is 5.75 Å². The van der Waals surface area contributed by atoms with E-state index < -0.39 is 5.92 Å². The van der Waals surface area contributed by atoms with Crippen LogP contribution in [0.2, 0.25) is 0 Å². The Morgan fingerprint density at radius 2 is 1.76 bits per heavy atom. The van der Waals surface area contributed by atoms with Crippen LogP contribution in [0.4, 0.5) is 0 Å². The van der Waals surface area contributed by atoms with Gasteiger partial charge in [0.1, 0.15) is 11.5 Å². The molecule has 25 heavy (non-hydrogen) atoms. The number of halogens is 1. The average molecular weight is 399 g/mol. The molecule has 1 aromatic heterocycles. The third kappa shape index (κ3) is 4.06. The van der Waals surface area contributed by atoms with Crippen LogP contribution in [0.3, 0.4) is 0 Å². The number of benzene rings is 2. The van der Waals surface area contributed by atoms with E-state index in [1.165, 1.54) is 18.4 Å². The van der Waals surface area contributed by atoms with Crippen LogP contribution < -0.4 is 0 Å². The van der Waals surface area contributed by atoms with E-state index in [9.17, 15) is 14.7 Å². The lowest BCUT2D eigenvalue weighted by Crippen LogP contribution is -2.17. The van der Waals surface area contributed by atoms with Crippen molar-refractivity contribution in [1.29, 1.82) is 0 Å². The number of ketones is 2. The van der Waals surface area contributed by atoms with E-state index in [4.69, 9.17) is 4.42 Å². The van der Waals surface area contributed by atoms with E-state index in [0.717, 1.165) is 4.47 Å². The van der Waals surface area contributed by atoms with E-state index in [-0.39, 0.29) is 23.7 Å². The molecule has 3 rings (SSSR count). The van der Waals surface area contributed by atoms with Gasteiger partial charge in [-0.05, 0) is 36.4 Å². The monoisotopic (exact) mass is 398 g/mol. The molecule has 0 radical (unpaired) electrons. The highest BCUT2D eigenvalue weighted by atomic mass is 79.9. The third-order valence-electron chi connectivity index (χ3n) is 3.87. The van der Waals surface area contributed by atoms with Gasteiger partial charge in [-0.15, -0.1) is 0 Å². The summed E-state index contributed by atoms with van der Waals surface area (Å²) < 4.78 is 6.18. The van der Waals surface area contributed by atoms with Crippen LogP contribution >= 0.6 is 15.9 Å². The number of rotatable bonds is 6. The van der Waals surface area contributed by atoms with Gasteiger partial charge in [-0.3, -0.25) is 9.59 Å². The molecule has 1 atom stereocenters. The van der Waals surface area contributed by atoms with Crippen molar-refractivity contribution in [2.75, 3.05) is 0 Å². The highest BCUT2D eigenvalue weighted by Gasteiger charge is 2.28. The van der Waals surface area contributed by atoms with Gasteiger partial charge in [-0.25, -0.2) is 0 Å². The summed E-state index contributed by atoms with van der Waals surface area (Å²) >= 11 is 3.35. The molecule has 1 unspecified atom stereocenters. The molecular weight excluding hydrogens is 384 g/mol. The standard InChI is InChI=1S/C20H15BrO4/c21-15-6-1-5-14(10-15)20(24)17(19-8-3-9-25-19)12-18(23)13-4-2-7-16(22)11-13/h1-11,17,22H,12H2. The van der Waals surface area contributed by atoms with Gasteiger partial charge in [0.25, 0.3) is 0 Å². The Labute approximate surface area is 153 Å². The molecule has 0 saturated heterocycles. The summed E-state index contributed by atoms with van der Waals surface area (Å²) in [6.07, 6.45) is 1.44. The van der Waals surface area contributed by atoms with Crippen LogP contribution in [0.25, 0.3) is 0 Å². The number of carbonyl (C=O) groups is 2. The normalized spacial score (nSPS) is 11.9. The van der Waals surface area contributed by atoms with Crippen molar-refractivity contribution in [3.63, 3.8) is 0 Å². The lowest BCUT2D eigenvalue weighted by Gasteiger charge is -2.13. The number of phenols is 1. The first-order chi connectivity index (χ1) is 12.0. The first kappa shape index (κ1) is 17.2. The topological polar surface area (TPSA) is 67.5 Å². The zero-order chi connectivity index (χ0) is 17.8. The quantitative estimate of drug-likeness (QED) is 0.594. The summed E-state index contributed by atoms with van der Waals surface area (Å²) in [5.74, 6) is -0.693. The largest absolute Gasteiger partial charge is 0.508 e. The van der Waals surface area contributed by atoms with Crippen LogP contribution in [0, 0.1) is 0 Å². The Bertz CT molecular complexity index is 900. The fraction of sp³-hybridized carbons (Fsp3) is 0.100. The number of Topliss-reactive ketones (excluding diaryl/α,β-unsaturated/α-hetero) is 2. The lowest BCUT2D eigenvalue weighted by molar-refractivity contribution is 0.0883. The summed E-state index contributed by atoms with van der Waals surface area (Å²) in [6.45, 7) is 0. The molecule has 2 aromatic carbocycles. The maximum Gasteiger partial charge on any atom is 0.173 e. The maximum atomic E-state index is 12.9. The van der Waals surface area contributed by atoms with Crippen molar-refractivity contribution in [3.8, 4) is 5.75 Å². The number of phenolic OH excluding ortho intramolecular Hbond substituents is 1. The van der Waals surface area contributed by atoms with Crippen LogP contribution in [0.15, 0.2) is 75.8 Å². The molecule has 0 aliphatic rings. The molecule has 126 valence electrons. The molecule has 0 aliphatic carbocycles. The van der Waals surface area contributed by atoms with Crippen molar-refractivity contribution in [2.24, 2.45) is 0 Å². The highest BCUT2D eigenvalue weighted by Crippen LogP contribution is 2.28. The lowest BCUT2D eigenvalue weighted by atomic mass is 9.89. The van der Waals surface area contributed by atoms with Gasteiger partial charge in [-0.2, -0.15) is 0 Å². The zero-order valence-corrected chi connectivity index (χ0v) is 14.8. The molecular formula is C20H15BrO4. The molecule has 0 fully saturated rings. The highest BCUT2D eigenvalue weighted by molar-refractivity contribution is 9.10. The van der Waals surface area contributed by atoms with Crippen molar-refractivity contribution < 1.29 is 19.1 Å². The summed E-state index contributed by atoms with van der Waals surface area (Å²) in [6, 6.07) is 16.5. The maximum absolute atomic E-state index is 12.9. The van der Waals surface area contributed by atoms with Gasteiger partial charge in [0.15, 0.2) is 11.6 Å². The number of hydrogen-bond donors (Lipinski definition) is 1. The average Bonchev–Trinajstić information content (AvgIpc) is 3.13. The Morgan fingerprint density at radius 1 is 1.00 bits per heavy atom. The van der Waals surface area contributed by atoms with Gasteiger partial charge in [-0.1, -0.05) is 40.2 Å². The van der Waals surface area contributed by atoms with Gasteiger partial charge >= 0.3 is 0 Å². The minimum Gasteiger partial charge on any atom is -0.508 e. The first-order valence-electron chi connectivity index (χ1n) is 7.70. The molecule has 0 saturated carbocycles. The van der Waals surface area contributed by atoms with Gasteiger partial charge in [0.2, 0.25) is 0 Å². The minimum absolute atomic E-state index is 0.0127. The predicted octanol–water partition coefficient (Wildman–Crippen LogP) is 4.99. The van der Waals surface area contributed by atoms with E-state index in [0.29, 0.717) is 16.9 Å². The molecule has 5 heteroatoms. The predicted molar refractivity (Wildman–Crippen MR) is 97.0 cm³/mol. The third-order valence-corrected chi connectivity index (χ3v) is 4.36. The second-order valence-electron chi connectivity index (χ2n) is 5.62. The Morgan fingerprint density at radius 3 is 2.44 bits per heavy atom. The second-order valence-corrected chi connectivity index (χ2v) is 6.54. The fourth-order valence-electron chi connectivity index (χ4n) is 2.64. The Balaban J connectivity index is 1.91. The first-order valence-corrected chi connectivity index (χ1v) is 8.49. The Hall–Kier alpha value is -2.66. The van der Waals surface area contributed by atoms with E-state index in [1.807, 2.05) is 6.07 Å². The molecule has 0 spiro atoms.